The number of thioether (sulfide) groups is 1. The number of allylic oxidation sites excluding steroid dienone is 1. The zero-order valence-corrected chi connectivity index (χ0v) is 20.8. The van der Waals surface area contributed by atoms with Gasteiger partial charge in [0.05, 0.1) is 0 Å². The third-order valence-corrected chi connectivity index (χ3v) is 7.81. The van der Waals surface area contributed by atoms with Crippen molar-refractivity contribution in [3.63, 3.8) is 0 Å². The summed E-state index contributed by atoms with van der Waals surface area (Å²) in [5, 5.41) is 38.6. The highest BCUT2D eigenvalue weighted by Gasteiger charge is 2.38. The molecule has 2 amide bonds. The van der Waals surface area contributed by atoms with E-state index in [1.807, 2.05) is 0 Å². The van der Waals surface area contributed by atoms with E-state index in [1.165, 1.54) is 0 Å². The first-order valence-electron chi connectivity index (χ1n) is 11.1. The van der Waals surface area contributed by atoms with E-state index in [9.17, 15) is 34.6 Å². The van der Waals surface area contributed by atoms with E-state index in [4.69, 9.17) is 5.73 Å². The van der Waals surface area contributed by atoms with Crippen molar-refractivity contribution in [3.8, 4) is 0 Å². The Morgan fingerprint density at radius 1 is 1.32 bits per heavy atom. The van der Waals surface area contributed by atoms with Gasteiger partial charge in [0.2, 0.25) is 17.4 Å². The SMILES string of the molecule is Nc1nc(/C(=N/O)C(=O)N[C@H](C(=O)O)[C@@H]2NC(C(=O)O)=C(C=C3CCN([C@@H]4CCNC4)C3=O)CS2)ns1. The molecule has 2 fully saturated rings. The number of nitrogen functional groups attached to an aromatic ring is 1. The van der Waals surface area contributed by atoms with Gasteiger partial charge in [-0.15, -0.1) is 11.8 Å². The van der Waals surface area contributed by atoms with Gasteiger partial charge in [-0.3, -0.25) is 9.59 Å². The largest absolute Gasteiger partial charge is 0.480 e. The van der Waals surface area contributed by atoms with Crippen LogP contribution in [0.25, 0.3) is 0 Å². The fraction of sp³-hybridized carbons (Fsp3) is 0.450. The number of carboxylic acids is 2. The third-order valence-electron chi connectivity index (χ3n) is 6.05. The van der Waals surface area contributed by atoms with Crippen LogP contribution in [0.1, 0.15) is 18.7 Å². The Kier molecular flexibility index (Phi) is 7.94. The summed E-state index contributed by atoms with van der Waals surface area (Å²) in [5.41, 5.74) is 5.38. The molecule has 8 N–H and O–H groups in total. The number of likely N-dealkylation sites (tertiary alicyclic amines) is 1. The van der Waals surface area contributed by atoms with Crippen molar-refractivity contribution in [2.75, 3.05) is 31.1 Å². The van der Waals surface area contributed by atoms with Crippen LogP contribution in [0.15, 0.2) is 28.1 Å². The Labute approximate surface area is 218 Å². The Morgan fingerprint density at radius 2 is 2.11 bits per heavy atom. The number of anilines is 1. The third kappa shape index (κ3) is 5.67. The maximum absolute atomic E-state index is 12.9. The summed E-state index contributed by atoms with van der Waals surface area (Å²) in [4.78, 5) is 55.0. The fourth-order valence-corrected chi connectivity index (χ4v) is 5.85. The number of rotatable bonds is 8. The number of hydrogen-bond donors (Lipinski definition) is 7. The minimum absolute atomic E-state index is 0.00453. The van der Waals surface area contributed by atoms with Gasteiger partial charge in [-0.1, -0.05) is 5.16 Å². The standard InChI is InChI=1S/C20H24N8O7S2/c21-20-25-14(27-37-20)12(26-35)15(29)23-13(19(33)34)16-24-11(18(31)32)9(7-36-16)5-8-2-4-28(17(8)30)10-1-3-22-6-10/h5,10,13,16,22,24,35H,1-4,6-7H2,(H,23,29)(H,31,32)(H,33,34)(H2,21,25,27)/b8-5?,26-12-/t10-,13+,16-/m1/s1. The van der Waals surface area contributed by atoms with Crippen molar-refractivity contribution < 1.29 is 34.6 Å². The van der Waals surface area contributed by atoms with Gasteiger partial charge in [0.1, 0.15) is 11.1 Å². The number of aliphatic carboxylic acids is 2. The Balaban J connectivity index is 1.51. The lowest BCUT2D eigenvalue weighted by molar-refractivity contribution is -0.141. The summed E-state index contributed by atoms with van der Waals surface area (Å²) in [5.74, 6) is -4.25. The summed E-state index contributed by atoms with van der Waals surface area (Å²) >= 11 is 1.79. The number of hydrogen-bond acceptors (Lipinski definition) is 13. The van der Waals surface area contributed by atoms with Crippen LogP contribution in [0.5, 0.6) is 0 Å². The molecule has 15 nitrogen and oxygen atoms in total. The maximum atomic E-state index is 12.9. The second-order valence-corrected chi connectivity index (χ2v) is 10.3. The number of nitrogens with one attached hydrogen (secondary N) is 3. The molecule has 3 aliphatic rings. The molecule has 0 unspecified atom stereocenters. The van der Waals surface area contributed by atoms with Crippen LogP contribution < -0.4 is 21.7 Å². The lowest BCUT2D eigenvalue weighted by atomic mass is 10.1. The normalized spacial score (nSPS) is 24.3. The van der Waals surface area contributed by atoms with Crippen molar-refractivity contribution in [3.05, 3.63) is 28.7 Å². The predicted octanol–water partition coefficient (Wildman–Crippen LogP) is -1.61. The van der Waals surface area contributed by atoms with Crippen LogP contribution >= 0.6 is 23.3 Å². The topological polar surface area (TPSA) is 232 Å². The molecular weight excluding hydrogens is 528 g/mol. The number of carbonyl (C=O) groups excluding carboxylic acids is 2. The minimum atomic E-state index is -1.62. The maximum Gasteiger partial charge on any atom is 0.352 e. The molecule has 3 aliphatic heterocycles. The molecule has 4 rings (SSSR count). The molecule has 0 radical (unpaired) electrons. The van der Waals surface area contributed by atoms with Gasteiger partial charge in [0.25, 0.3) is 5.91 Å². The van der Waals surface area contributed by atoms with E-state index >= 15 is 0 Å². The zero-order chi connectivity index (χ0) is 26.7. The zero-order valence-electron chi connectivity index (χ0n) is 19.2. The summed E-state index contributed by atoms with van der Waals surface area (Å²) in [6, 6.07) is -1.51. The Morgan fingerprint density at radius 3 is 2.70 bits per heavy atom. The van der Waals surface area contributed by atoms with E-state index in [2.05, 4.69) is 30.5 Å². The summed E-state index contributed by atoms with van der Waals surface area (Å²) in [6.07, 6.45) is 2.89. The monoisotopic (exact) mass is 552 g/mol. The molecule has 0 aromatic carbocycles. The van der Waals surface area contributed by atoms with Gasteiger partial charge in [-0.25, -0.2) is 9.59 Å². The molecule has 3 atom stereocenters. The average molecular weight is 553 g/mol. The highest BCUT2D eigenvalue weighted by molar-refractivity contribution is 8.00. The first-order chi connectivity index (χ1) is 17.7. The molecule has 4 heterocycles. The quantitative estimate of drug-likeness (QED) is 0.0833. The highest BCUT2D eigenvalue weighted by atomic mass is 32.2. The van der Waals surface area contributed by atoms with Crippen LogP contribution in [-0.4, -0.2) is 102 Å². The van der Waals surface area contributed by atoms with Crippen LogP contribution in [0.4, 0.5) is 5.13 Å². The van der Waals surface area contributed by atoms with E-state index < -0.39 is 35.0 Å². The van der Waals surface area contributed by atoms with Crippen molar-refractivity contribution in [1.29, 1.82) is 0 Å². The molecule has 2 saturated heterocycles. The predicted molar refractivity (Wildman–Crippen MR) is 132 cm³/mol. The van der Waals surface area contributed by atoms with Gasteiger partial charge >= 0.3 is 11.9 Å². The van der Waals surface area contributed by atoms with Crippen molar-refractivity contribution in [2.24, 2.45) is 5.16 Å². The van der Waals surface area contributed by atoms with E-state index in [0.29, 0.717) is 24.1 Å². The molecule has 37 heavy (non-hydrogen) atoms. The van der Waals surface area contributed by atoms with Crippen molar-refractivity contribution in [2.45, 2.75) is 30.3 Å². The number of nitrogens with zero attached hydrogens (tertiary/aromatic N) is 4. The molecule has 17 heteroatoms. The van der Waals surface area contributed by atoms with Crippen molar-refractivity contribution in [1.82, 2.24) is 30.2 Å². The summed E-state index contributed by atoms with van der Waals surface area (Å²) in [6.45, 7) is 2.11. The van der Waals surface area contributed by atoms with Gasteiger partial charge in [0, 0.05) is 42.0 Å². The number of aromatic nitrogens is 2. The molecule has 1 aromatic heterocycles. The van der Waals surface area contributed by atoms with Crippen LogP contribution in [0.3, 0.4) is 0 Å². The molecule has 1 aromatic rings. The van der Waals surface area contributed by atoms with Crippen LogP contribution in [0, 0.1) is 0 Å². The number of carboxylic acid groups (broad SMARTS) is 2. The number of nitrogens with two attached hydrogens (primary N) is 1. The first kappa shape index (κ1) is 26.4. The van der Waals surface area contributed by atoms with Gasteiger partial charge in [0.15, 0.2) is 11.2 Å². The minimum Gasteiger partial charge on any atom is -0.480 e. The fourth-order valence-electron chi connectivity index (χ4n) is 4.25. The molecule has 0 aliphatic carbocycles. The van der Waals surface area contributed by atoms with Gasteiger partial charge < -0.3 is 42.0 Å². The lowest BCUT2D eigenvalue weighted by Gasteiger charge is -2.30. The average Bonchev–Trinajstić information content (AvgIpc) is 3.61. The van der Waals surface area contributed by atoms with Gasteiger partial charge in [-0.05, 0) is 31.0 Å². The molecule has 0 saturated carbocycles. The van der Waals surface area contributed by atoms with Crippen LogP contribution in [0.2, 0.25) is 0 Å². The molecule has 198 valence electrons. The molecule has 0 bridgehead atoms. The Bertz CT molecular complexity index is 1210. The van der Waals surface area contributed by atoms with E-state index in [-0.39, 0.29) is 34.4 Å². The second-order valence-electron chi connectivity index (χ2n) is 8.34. The van der Waals surface area contributed by atoms with Gasteiger partial charge in [-0.2, -0.15) is 9.36 Å². The summed E-state index contributed by atoms with van der Waals surface area (Å²) < 4.78 is 3.76. The molecular formula is C20H24N8O7S2. The van der Waals surface area contributed by atoms with E-state index in [1.54, 1.807) is 11.0 Å². The number of carbonyl (C=O) groups is 4. The first-order valence-corrected chi connectivity index (χ1v) is 12.9. The summed E-state index contributed by atoms with van der Waals surface area (Å²) in [7, 11) is 0. The van der Waals surface area contributed by atoms with E-state index in [0.717, 1.165) is 42.8 Å². The highest BCUT2D eigenvalue weighted by Crippen LogP contribution is 2.29. The molecule has 0 spiro atoms. The lowest BCUT2D eigenvalue weighted by Crippen LogP contribution is -2.55. The second kappa shape index (κ2) is 11.1. The smallest absolute Gasteiger partial charge is 0.352 e. The number of oxime groups is 1. The number of amides is 2. The van der Waals surface area contributed by atoms with Crippen molar-refractivity contribution >= 4 is 57.9 Å². The Hall–Kier alpha value is -3.70. The van der Waals surface area contributed by atoms with Crippen LogP contribution in [-0.2, 0) is 19.2 Å².